The Morgan fingerprint density at radius 1 is 0.450 bits per heavy atom. The lowest BCUT2D eigenvalue weighted by Gasteiger charge is -2.15. The van der Waals surface area contributed by atoms with Crippen LogP contribution in [0.5, 0.6) is 0 Å². The summed E-state index contributed by atoms with van der Waals surface area (Å²) < 4.78 is 0. The molecule has 0 nitrogen and oxygen atoms in total. The fraction of sp³-hybridized carbons (Fsp3) is 1.00. The standard InChI is InChI=1S/C20H42/c1-5-7-9-11-12-14-16-20(4)18-17-19(3)15-13-10-8-6-2/h19-20H,5-18H2,1-4H3. The second-order valence-corrected chi connectivity index (χ2v) is 7.19. The highest BCUT2D eigenvalue weighted by Crippen LogP contribution is 2.21. The van der Waals surface area contributed by atoms with Crippen LogP contribution in [0.1, 0.15) is 118 Å². The van der Waals surface area contributed by atoms with E-state index in [-0.39, 0.29) is 0 Å². The van der Waals surface area contributed by atoms with Gasteiger partial charge in [0, 0.05) is 0 Å². The summed E-state index contributed by atoms with van der Waals surface area (Å²) in [6, 6.07) is 0. The van der Waals surface area contributed by atoms with Gasteiger partial charge >= 0.3 is 0 Å². The Labute approximate surface area is 130 Å². The van der Waals surface area contributed by atoms with Gasteiger partial charge < -0.3 is 0 Å². The summed E-state index contributed by atoms with van der Waals surface area (Å²) in [5.74, 6) is 1.91. The molecule has 0 saturated heterocycles. The van der Waals surface area contributed by atoms with Crippen LogP contribution in [0.2, 0.25) is 0 Å². The first-order valence-electron chi connectivity index (χ1n) is 9.70. The zero-order valence-electron chi connectivity index (χ0n) is 15.1. The van der Waals surface area contributed by atoms with Crippen molar-refractivity contribution < 1.29 is 0 Å². The Balaban J connectivity index is 3.31. The molecular formula is C20H42. The Morgan fingerprint density at radius 2 is 0.800 bits per heavy atom. The van der Waals surface area contributed by atoms with Gasteiger partial charge in [0.25, 0.3) is 0 Å². The summed E-state index contributed by atoms with van der Waals surface area (Å²) >= 11 is 0. The molecule has 0 aromatic carbocycles. The van der Waals surface area contributed by atoms with E-state index in [1.165, 1.54) is 89.9 Å². The third-order valence-electron chi connectivity index (χ3n) is 4.75. The van der Waals surface area contributed by atoms with Crippen molar-refractivity contribution in [3.05, 3.63) is 0 Å². The highest BCUT2D eigenvalue weighted by molar-refractivity contribution is 4.60. The lowest BCUT2D eigenvalue weighted by Crippen LogP contribution is -2.01. The Kier molecular flexibility index (Phi) is 15.4. The van der Waals surface area contributed by atoms with Crippen LogP contribution in [-0.4, -0.2) is 0 Å². The maximum atomic E-state index is 2.47. The van der Waals surface area contributed by atoms with Crippen molar-refractivity contribution in [2.24, 2.45) is 11.8 Å². The van der Waals surface area contributed by atoms with Gasteiger partial charge in [0.15, 0.2) is 0 Å². The molecule has 122 valence electrons. The van der Waals surface area contributed by atoms with Crippen LogP contribution >= 0.6 is 0 Å². The monoisotopic (exact) mass is 282 g/mol. The van der Waals surface area contributed by atoms with E-state index in [4.69, 9.17) is 0 Å². The lowest BCUT2D eigenvalue weighted by molar-refractivity contribution is 0.378. The number of unbranched alkanes of at least 4 members (excludes halogenated alkanes) is 8. The van der Waals surface area contributed by atoms with E-state index in [1.807, 2.05) is 0 Å². The SMILES string of the molecule is CCCCCCCCC(C)CCC(C)CCCCCC. The second kappa shape index (κ2) is 15.4. The van der Waals surface area contributed by atoms with Gasteiger partial charge in [0.2, 0.25) is 0 Å². The van der Waals surface area contributed by atoms with E-state index in [1.54, 1.807) is 0 Å². The first-order chi connectivity index (χ1) is 9.70. The van der Waals surface area contributed by atoms with Gasteiger partial charge in [-0.25, -0.2) is 0 Å². The van der Waals surface area contributed by atoms with E-state index in [0.717, 1.165) is 11.8 Å². The zero-order chi connectivity index (χ0) is 15.1. The molecule has 0 heteroatoms. The maximum Gasteiger partial charge on any atom is -0.0443 e. The van der Waals surface area contributed by atoms with Crippen molar-refractivity contribution in [3.8, 4) is 0 Å². The van der Waals surface area contributed by atoms with Crippen LogP contribution in [-0.2, 0) is 0 Å². The Morgan fingerprint density at radius 3 is 1.25 bits per heavy atom. The highest BCUT2D eigenvalue weighted by atomic mass is 14.1. The average Bonchev–Trinajstić information content (AvgIpc) is 2.45. The van der Waals surface area contributed by atoms with Crippen LogP contribution < -0.4 is 0 Å². The molecular weight excluding hydrogens is 240 g/mol. The van der Waals surface area contributed by atoms with Crippen LogP contribution in [0.25, 0.3) is 0 Å². The van der Waals surface area contributed by atoms with E-state index < -0.39 is 0 Å². The van der Waals surface area contributed by atoms with E-state index in [0.29, 0.717) is 0 Å². The summed E-state index contributed by atoms with van der Waals surface area (Å²) in [4.78, 5) is 0. The van der Waals surface area contributed by atoms with Crippen LogP contribution in [0.3, 0.4) is 0 Å². The molecule has 0 fully saturated rings. The normalized spacial score (nSPS) is 14.4. The van der Waals surface area contributed by atoms with Gasteiger partial charge in [-0.2, -0.15) is 0 Å². The highest BCUT2D eigenvalue weighted by Gasteiger charge is 2.06. The molecule has 0 N–H and O–H groups in total. The van der Waals surface area contributed by atoms with Crippen LogP contribution in [0, 0.1) is 11.8 Å². The molecule has 0 aromatic heterocycles. The molecule has 0 rings (SSSR count). The Hall–Kier alpha value is 0. The van der Waals surface area contributed by atoms with Gasteiger partial charge in [-0.15, -0.1) is 0 Å². The summed E-state index contributed by atoms with van der Waals surface area (Å²) in [7, 11) is 0. The third kappa shape index (κ3) is 14.4. The minimum atomic E-state index is 0.957. The first kappa shape index (κ1) is 20.0. The van der Waals surface area contributed by atoms with Crippen LogP contribution in [0.15, 0.2) is 0 Å². The molecule has 0 aliphatic rings. The molecule has 2 atom stereocenters. The molecule has 0 saturated carbocycles. The van der Waals surface area contributed by atoms with Gasteiger partial charge in [0.1, 0.15) is 0 Å². The van der Waals surface area contributed by atoms with Gasteiger partial charge in [-0.05, 0) is 11.8 Å². The van der Waals surface area contributed by atoms with Gasteiger partial charge in [-0.1, -0.05) is 118 Å². The minimum Gasteiger partial charge on any atom is -0.0654 e. The maximum absolute atomic E-state index is 2.47. The molecule has 0 aliphatic heterocycles. The molecule has 0 aromatic rings. The minimum absolute atomic E-state index is 0.957. The number of rotatable bonds is 15. The third-order valence-corrected chi connectivity index (χ3v) is 4.75. The fourth-order valence-electron chi connectivity index (χ4n) is 3.05. The lowest BCUT2D eigenvalue weighted by atomic mass is 9.91. The van der Waals surface area contributed by atoms with Crippen molar-refractivity contribution in [2.75, 3.05) is 0 Å². The van der Waals surface area contributed by atoms with Crippen molar-refractivity contribution in [2.45, 2.75) is 118 Å². The van der Waals surface area contributed by atoms with Gasteiger partial charge in [-0.3, -0.25) is 0 Å². The van der Waals surface area contributed by atoms with Crippen molar-refractivity contribution >= 4 is 0 Å². The molecule has 2 unspecified atom stereocenters. The molecule has 0 heterocycles. The summed E-state index contributed by atoms with van der Waals surface area (Å²) in [6.07, 6.45) is 20.2. The van der Waals surface area contributed by atoms with Crippen LogP contribution in [0.4, 0.5) is 0 Å². The molecule has 0 aliphatic carbocycles. The molecule has 0 radical (unpaired) electrons. The number of hydrogen-bond acceptors (Lipinski definition) is 0. The first-order valence-corrected chi connectivity index (χ1v) is 9.70. The second-order valence-electron chi connectivity index (χ2n) is 7.19. The summed E-state index contributed by atoms with van der Waals surface area (Å²) in [5, 5.41) is 0. The zero-order valence-corrected chi connectivity index (χ0v) is 15.1. The molecule has 0 amide bonds. The summed E-state index contributed by atoms with van der Waals surface area (Å²) in [5.41, 5.74) is 0. The van der Waals surface area contributed by atoms with Crippen molar-refractivity contribution in [1.29, 1.82) is 0 Å². The number of hydrogen-bond donors (Lipinski definition) is 0. The predicted molar refractivity (Wildman–Crippen MR) is 94.3 cm³/mol. The Bertz CT molecular complexity index is 173. The largest absolute Gasteiger partial charge is 0.0654 e. The van der Waals surface area contributed by atoms with Crippen molar-refractivity contribution in [3.63, 3.8) is 0 Å². The summed E-state index contributed by atoms with van der Waals surface area (Å²) in [6.45, 7) is 9.53. The van der Waals surface area contributed by atoms with E-state index >= 15 is 0 Å². The van der Waals surface area contributed by atoms with Crippen molar-refractivity contribution in [1.82, 2.24) is 0 Å². The van der Waals surface area contributed by atoms with E-state index in [9.17, 15) is 0 Å². The molecule has 0 spiro atoms. The predicted octanol–water partition coefficient (Wildman–Crippen LogP) is 7.76. The molecule has 20 heavy (non-hydrogen) atoms. The average molecular weight is 283 g/mol. The smallest absolute Gasteiger partial charge is 0.0443 e. The quantitative estimate of drug-likeness (QED) is 0.269. The van der Waals surface area contributed by atoms with E-state index in [2.05, 4.69) is 27.7 Å². The van der Waals surface area contributed by atoms with Gasteiger partial charge in [0.05, 0.1) is 0 Å². The topological polar surface area (TPSA) is 0 Å². The molecule has 0 bridgehead atoms. The fourth-order valence-corrected chi connectivity index (χ4v) is 3.05.